The third-order valence-electron chi connectivity index (χ3n) is 3.92. The molecule has 1 N–H and O–H groups in total. The van der Waals surface area contributed by atoms with E-state index in [4.69, 9.17) is 4.74 Å². The smallest absolute Gasteiger partial charge is 0.260 e. The van der Waals surface area contributed by atoms with Crippen LogP contribution in [0.2, 0.25) is 0 Å². The van der Waals surface area contributed by atoms with Crippen molar-refractivity contribution in [2.45, 2.75) is 19.3 Å². The molecule has 1 amide bonds. The van der Waals surface area contributed by atoms with Crippen LogP contribution in [0.3, 0.4) is 0 Å². The zero-order valence-electron chi connectivity index (χ0n) is 12.1. The van der Waals surface area contributed by atoms with Crippen molar-refractivity contribution in [3.8, 4) is 5.75 Å². The fraction of sp³-hybridized carbons (Fsp3) is 0.375. The number of hydrogen-bond acceptors (Lipinski definition) is 3. The van der Waals surface area contributed by atoms with Gasteiger partial charge in [-0.15, -0.1) is 0 Å². The standard InChI is InChI=1S/C16H19N3O2/c1-12-9-17-18-16(12)13-7-8-19(10-13)15(20)11-21-14-5-3-2-4-6-14/h2-6,9,13H,7-8,10-11H2,1H3,(H,17,18)/t13-/m1/s1. The van der Waals surface area contributed by atoms with Crippen LogP contribution in [-0.2, 0) is 4.79 Å². The highest BCUT2D eigenvalue weighted by molar-refractivity contribution is 5.78. The number of nitrogens with zero attached hydrogens (tertiary/aromatic N) is 2. The quantitative estimate of drug-likeness (QED) is 0.936. The zero-order chi connectivity index (χ0) is 14.7. The predicted octanol–water partition coefficient (Wildman–Crippen LogP) is 2.11. The first-order chi connectivity index (χ1) is 10.2. The van der Waals surface area contributed by atoms with Gasteiger partial charge in [-0.2, -0.15) is 5.10 Å². The molecule has 1 aromatic heterocycles. The summed E-state index contributed by atoms with van der Waals surface area (Å²) < 4.78 is 5.52. The van der Waals surface area contributed by atoms with Gasteiger partial charge in [0.1, 0.15) is 5.75 Å². The summed E-state index contributed by atoms with van der Waals surface area (Å²) >= 11 is 0. The summed E-state index contributed by atoms with van der Waals surface area (Å²) in [6.45, 7) is 3.65. The average Bonchev–Trinajstić information content (AvgIpc) is 3.14. The van der Waals surface area contributed by atoms with Crippen molar-refractivity contribution in [3.05, 3.63) is 47.8 Å². The molecule has 3 rings (SSSR count). The number of benzene rings is 1. The van der Waals surface area contributed by atoms with E-state index >= 15 is 0 Å². The Morgan fingerprint density at radius 3 is 2.95 bits per heavy atom. The molecule has 0 radical (unpaired) electrons. The SMILES string of the molecule is Cc1cn[nH]c1[C@@H]1CCN(C(=O)COc2ccccc2)C1. The summed E-state index contributed by atoms with van der Waals surface area (Å²) in [6.07, 6.45) is 2.80. The van der Waals surface area contributed by atoms with Gasteiger partial charge in [-0.05, 0) is 31.0 Å². The zero-order valence-corrected chi connectivity index (χ0v) is 12.1. The number of carbonyl (C=O) groups is 1. The number of amides is 1. The predicted molar refractivity (Wildman–Crippen MR) is 79.2 cm³/mol. The third-order valence-corrected chi connectivity index (χ3v) is 3.92. The van der Waals surface area contributed by atoms with Gasteiger partial charge in [0.2, 0.25) is 0 Å². The fourth-order valence-electron chi connectivity index (χ4n) is 2.75. The number of likely N-dealkylation sites (tertiary alicyclic amines) is 1. The molecule has 1 saturated heterocycles. The number of ether oxygens (including phenoxy) is 1. The number of H-pyrrole nitrogens is 1. The molecule has 21 heavy (non-hydrogen) atoms. The van der Waals surface area contributed by atoms with Crippen LogP contribution < -0.4 is 4.74 Å². The molecule has 110 valence electrons. The van der Waals surface area contributed by atoms with E-state index in [1.54, 1.807) is 0 Å². The highest BCUT2D eigenvalue weighted by Gasteiger charge is 2.29. The summed E-state index contributed by atoms with van der Waals surface area (Å²) in [5.74, 6) is 1.12. The Morgan fingerprint density at radius 1 is 1.43 bits per heavy atom. The molecule has 1 aliphatic rings. The van der Waals surface area contributed by atoms with Crippen LogP contribution in [0.25, 0.3) is 0 Å². The second-order valence-corrected chi connectivity index (χ2v) is 5.39. The molecule has 0 spiro atoms. The average molecular weight is 285 g/mol. The molecule has 5 heteroatoms. The largest absolute Gasteiger partial charge is 0.484 e. The van der Waals surface area contributed by atoms with E-state index < -0.39 is 0 Å². The first-order valence-corrected chi connectivity index (χ1v) is 7.19. The monoisotopic (exact) mass is 285 g/mol. The molecule has 5 nitrogen and oxygen atoms in total. The van der Waals surface area contributed by atoms with Gasteiger partial charge in [0.15, 0.2) is 6.61 Å². The van der Waals surface area contributed by atoms with Crippen LogP contribution >= 0.6 is 0 Å². The van der Waals surface area contributed by atoms with Crippen molar-refractivity contribution in [1.82, 2.24) is 15.1 Å². The Hall–Kier alpha value is -2.30. The molecule has 0 saturated carbocycles. The highest BCUT2D eigenvalue weighted by Crippen LogP contribution is 2.27. The van der Waals surface area contributed by atoms with Gasteiger partial charge in [-0.1, -0.05) is 18.2 Å². The van der Waals surface area contributed by atoms with Crippen LogP contribution in [0.15, 0.2) is 36.5 Å². The van der Waals surface area contributed by atoms with Gasteiger partial charge in [-0.25, -0.2) is 0 Å². The maximum atomic E-state index is 12.2. The van der Waals surface area contributed by atoms with Crippen molar-refractivity contribution in [2.24, 2.45) is 0 Å². The Balaban J connectivity index is 1.54. The van der Waals surface area contributed by atoms with Crippen molar-refractivity contribution in [3.63, 3.8) is 0 Å². The van der Waals surface area contributed by atoms with E-state index in [2.05, 4.69) is 10.2 Å². The Kier molecular flexibility index (Phi) is 3.90. The topological polar surface area (TPSA) is 58.2 Å². The molecule has 2 heterocycles. The Morgan fingerprint density at radius 2 is 2.24 bits per heavy atom. The molecule has 2 aromatic rings. The number of para-hydroxylation sites is 1. The second-order valence-electron chi connectivity index (χ2n) is 5.39. The lowest BCUT2D eigenvalue weighted by Crippen LogP contribution is -2.32. The molecule has 1 fully saturated rings. The van der Waals surface area contributed by atoms with Crippen molar-refractivity contribution >= 4 is 5.91 Å². The third kappa shape index (κ3) is 3.07. The Labute approximate surface area is 123 Å². The molecular weight excluding hydrogens is 266 g/mol. The van der Waals surface area contributed by atoms with Gasteiger partial charge in [0.25, 0.3) is 5.91 Å². The second kappa shape index (κ2) is 5.99. The number of rotatable bonds is 4. The number of aryl methyl sites for hydroxylation is 1. The number of aromatic amines is 1. The lowest BCUT2D eigenvalue weighted by molar-refractivity contribution is -0.132. The molecule has 0 bridgehead atoms. The van der Waals surface area contributed by atoms with Gasteiger partial charge < -0.3 is 9.64 Å². The van der Waals surface area contributed by atoms with E-state index in [-0.39, 0.29) is 12.5 Å². The normalized spacial score (nSPS) is 18.0. The fourth-order valence-corrected chi connectivity index (χ4v) is 2.75. The van der Waals surface area contributed by atoms with E-state index in [0.29, 0.717) is 5.92 Å². The number of aromatic nitrogens is 2. The first-order valence-electron chi connectivity index (χ1n) is 7.19. The maximum absolute atomic E-state index is 12.2. The Bertz CT molecular complexity index is 609. The van der Waals surface area contributed by atoms with E-state index in [1.807, 2.05) is 48.4 Å². The van der Waals surface area contributed by atoms with E-state index in [0.717, 1.165) is 36.5 Å². The lowest BCUT2D eigenvalue weighted by atomic mass is 10.0. The van der Waals surface area contributed by atoms with Crippen LogP contribution in [0.1, 0.15) is 23.6 Å². The summed E-state index contributed by atoms with van der Waals surface area (Å²) in [7, 11) is 0. The molecule has 1 aromatic carbocycles. The van der Waals surface area contributed by atoms with Crippen LogP contribution in [0, 0.1) is 6.92 Å². The van der Waals surface area contributed by atoms with Crippen molar-refractivity contribution in [1.29, 1.82) is 0 Å². The van der Waals surface area contributed by atoms with Crippen molar-refractivity contribution in [2.75, 3.05) is 19.7 Å². The van der Waals surface area contributed by atoms with Crippen LogP contribution in [0.4, 0.5) is 0 Å². The number of carbonyl (C=O) groups excluding carboxylic acids is 1. The van der Waals surface area contributed by atoms with E-state index in [1.165, 1.54) is 0 Å². The summed E-state index contributed by atoms with van der Waals surface area (Å²) in [5, 5.41) is 7.10. The molecule has 0 unspecified atom stereocenters. The highest BCUT2D eigenvalue weighted by atomic mass is 16.5. The van der Waals surface area contributed by atoms with Gasteiger partial charge in [-0.3, -0.25) is 9.89 Å². The summed E-state index contributed by atoms with van der Waals surface area (Å²) in [4.78, 5) is 14.1. The van der Waals surface area contributed by atoms with Gasteiger partial charge in [0, 0.05) is 24.7 Å². The minimum atomic E-state index is 0.0403. The van der Waals surface area contributed by atoms with Crippen LogP contribution in [0.5, 0.6) is 5.75 Å². The molecular formula is C16H19N3O2. The minimum absolute atomic E-state index is 0.0403. The molecule has 1 aliphatic heterocycles. The first kappa shape index (κ1) is 13.7. The number of hydrogen-bond donors (Lipinski definition) is 1. The molecule has 0 aliphatic carbocycles. The van der Waals surface area contributed by atoms with Crippen LogP contribution in [-0.4, -0.2) is 40.7 Å². The maximum Gasteiger partial charge on any atom is 0.260 e. The number of nitrogens with one attached hydrogen (secondary N) is 1. The van der Waals surface area contributed by atoms with Gasteiger partial charge >= 0.3 is 0 Å². The summed E-state index contributed by atoms with van der Waals surface area (Å²) in [5.41, 5.74) is 2.31. The van der Waals surface area contributed by atoms with Crippen molar-refractivity contribution < 1.29 is 9.53 Å². The molecule has 1 atom stereocenters. The minimum Gasteiger partial charge on any atom is -0.484 e. The summed E-state index contributed by atoms with van der Waals surface area (Å²) in [6, 6.07) is 9.42. The van der Waals surface area contributed by atoms with Gasteiger partial charge in [0.05, 0.1) is 6.20 Å². The van der Waals surface area contributed by atoms with E-state index in [9.17, 15) is 4.79 Å². The lowest BCUT2D eigenvalue weighted by Gasteiger charge is -2.16.